The molecule has 0 atom stereocenters. The first-order valence-corrected chi connectivity index (χ1v) is 7.42. The quantitative estimate of drug-likeness (QED) is 0.773. The Hall–Kier alpha value is -2.00. The molecule has 2 rings (SSSR count). The Morgan fingerprint density at radius 1 is 1.18 bits per heavy atom. The molecule has 22 heavy (non-hydrogen) atoms. The summed E-state index contributed by atoms with van der Waals surface area (Å²) in [5.74, 6) is 0.375. The second kappa shape index (κ2) is 7.32. The summed E-state index contributed by atoms with van der Waals surface area (Å²) in [4.78, 5) is 11.5. The minimum atomic E-state index is -0.264. The second-order valence-corrected chi connectivity index (χ2v) is 5.60. The Morgan fingerprint density at radius 3 is 2.64 bits per heavy atom. The predicted octanol–water partition coefficient (Wildman–Crippen LogP) is 4.25. The highest BCUT2D eigenvalue weighted by molar-refractivity contribution is 6.32. The lowest BCUT2D eigenvalue weighted by atomic mass is 10.0. The highest BCUT2D eigenvalue weighted by Crippen LogP contribution is 2.27. The van der Waals surface area contributed by atoms with Crippen LogP contribution in [0.1, 0.15) is 22.3 Å². The van der Waals surface area contributed by atoms with Crippen molar-refractivity contribution in [1.29, 1.82) is 0 Å². The summed E-state index contributed by atoms with van der Waals surface area (Å²) in [7, 11) is 1.39. The third-order valence-electron chi connectivity index (χ3n) is 3.53. The van der Waals surface area contributed by atoms with Gasteiger partial charge >= 0.3 is 5.97 Å². The van der Waals surface area contributed by atoms with Gasteiger partial charge in [0.15, 0.2) is 0 Å². The van der Waals surface area contributed by atoms with Gasteiger partial charge in [0.25, 0.3) is 0 Å². The van der Waals surface area contributed by atoms with E-state index in [9.17, 15) is 4.79 Å². The van der Waals surface area contributed by atoms with Crippen molar-refractivity contribution in [1.82, 2.24) is 0 Å². The molecule has 0 amide bonds. The van der Waals surface area contributed by atoms with Crippen LogP contribution in [-0.2, 0) is 22.6 Å². The van der Waals surface area contributed by atoms with Gasteiger partial charge in [0, 0.05) is 0 Å². The van der Waals surface area contributed by atoms with Crippen molar-refractivity contribution in [2.75, 3.05) is 7.11 Å². The molecule has 0 N–H and O–H groups in total. The summed E-state index contributed by atoms with van der Waals surface area (Å²) >= 11 is 6.18. The van der Waals surface area contributed by atoms with Crippen molar-refractivity contribution in [2.45, 2.75) is 26.9 Å². The van der Waals surface area contributed by atoms with Crippen molar-refractivity contribution >= 4 is 17.6 Å². The Morgan fingerprint density at radius 2 is 1.95 bits per heavy atom. The zero-order valence-electron chi connectivity index (χ0n) is 13.0. The van der Waals surface area contributed by atoms with E-state index >= 15 is 0 Å². The van der Waals surface area contributed by atoms with Gasteiger partial charge in [-0.25, -0.2) is 0 Å². The van der Waals surface area contributed by atoms with Crippen LogP contribution in [0.5, 0.6) is 5.75 Å². The zero-order valence-corrected chi connectivity index (χ0v) is 13.7. The smallest absolute Gasteiger partial charge is 0.309 e. The maximum Gasteiger partial charge on any atom is 0.309 e. The van der Waals surface area contributed by atoms with Crippen molar-refractivity contribution in [3.63, 3.8) is 0 Å². The van der Waals surface area contributed by atoms with E-state index in [2.05, 4.69) is 0 Å². The molecule has 116 valence electrons. The number of esters is 1. The summed E-state index contributed by atoms with van der Waals surface area (Å²) in [5.41, 5.74) is 4.06. The maximum absolute atomic E-state index is 11.5. The van der Waals surface area contributed by atoms with Gasteiger partial charge in [-0.1, -0.05) is 35.9 Å². The standard InChI is InChI=1S/C18H19ClO3/c1-12-7-8-17(16(19)9-12)22-11-15-13(2)5-4-6-14(15)10-18(20)21-3/h4-9H,10-11H2,1-3H3. The van der Waals surface area contributed by atoms with E-state index in [0.29, 0.717) is 17.4 Å². The molecule has 2 aromatic carbocycles. The molecular weight excluding hydrogens is 300 g/mol. The van der Waals surface area contributed by atoms with Crippen molar-refractivity contribution in [2.24, 2.45) is 0 Å². The molecule has 0 aliphatic carbocycles. The number of rotatable bonds is 5. The number of carbonyl (C=O) groups is 1. The third-order valence-corrected chi connectivity index (χ3v) is 3.82. The van der Waals surface area contributed by atoms with Gasteiger partial charge in [0.1, 0.15) is 12.4 Å². The van der Waals surface area contributed by atoms with Crippen LogP contribution in [0.2, 0.25) is 5.02 Å². The minimum absolute atomic E-state index is 0.235. The third kappa shape index (κ3) is 4.01. The molecule has 0 bridgehead atoms. The number of benzene rings is 2. The lowest BCUT2D eigenvalue weighted by Crippen LogP contribution is -2.09. The van der Waals surface area contributed by atoms with Crippen LogP contribution in [0.25, 0.3) is 0 Å². The second-order valence-electron chi connectivity index (χ2n) is 5.19. The van der Waals surface area contributed by atoms with E-state index in [-0.39, 0.29) is 12.4 Å². The van der Waals surface area contributed by atoms with Gasteiger partial charge in [-0.2, -0.15) is 0 Å². The molecule has 4 heteroatoms. The van der Waals surface area contributed by atoms with Crippen LogP contribution in [-0.4, -0.2) is 13.1 Å². The molecule has 0 radical (unpaired) electrons. The molecule has 0 fully saturated rings. The van der Waals surface area contributed by atoms with E-state index in [1.807, 2.05) is 50.2 Å². The average molecular weight is 319 g/mol. The minimum Gasteiger partial charge on any atom is -0.487 e. The van der Waals surface area contributed by atoms with Crippen LogP contribution in [0, 0.1) is 13.8 Å². The first-order chi connectivity index (χ1) is 10.5. The average Bonchev–Trinajstić information content (AvgIpc) is 2.48. The number of hydrogen-bond acceptors (Lipinski definition) is 3. The Kier molecular flexibility index (Phi) is 5.45. The van der Waals surface area contributed by atoms with Crippen LogP contribution in [0.15, 0.2) is 36.4 Å². The Bertz CT molecular complexity index is 680. The van der Waals surface area contributed by atoms with E-state index in [0.717, 1.165) is 22.3 Å². The lowest BCUT2D eigenvalue weighted by Gasteiger charge is -2.14. The maximum atomic E-state index is 11.5. The summed E-state index contributed by atoms with van der Waals surface area (Å²) in [6, 6.07) is 11.5. The van der Waals surface area contributed by atoms with Crippen molar-refractivity contribution in [3.05, 3.63) is 63.7 Å². The largest absolute Gasteiger partial charge is 0.487 e. The fourth-order valence-corrected chi connectivity index (χ4v) is 2.53. The van der Waals surface area contributed by atoms with E-state index in [1.54, 1.807) is 0 Å². The van der Waals surface area contributed by atoms with Gasteiger partial charge in [-0.05, 0) is 48.2 Å². The summed E-state index contributed by atoms with van der Waals surface area (Å²) in [6.07, 6.45) is 0.235. The zero-order chi connectivity index (χ0) is 16.1. The highest BCUT2D eigenvalue weighted by Gasteiger charge is 2.11. The number of ether oxygens (including phenoxy) is 2. The molecular formula is C18H19ClO3. The number of halogens is 1. The van der Waals surface area contributed by atoms with Gasteiger partial charge in [0.05, 0.1) is 18.6 Å². The summed E-state index contributed by atoms with van der Waals surface area (Å²) < 4.78 is 10.6. The summed E-state index contributed by atoms with van der Waals surface area (Å²) in [6.45, 7) is 4.34. The molecule has 0 saturated carbocycles. The molecule has 0 aliphatic heterocycles. The monoisotopic (exact) mass is 318 g/mol. The molecule has 0 aliphatic rings. The number of aryl methyl sites for hydroxylation is 2. The Labute approximate surface area is 135 Å². The number of carbonyl (C=O) groups excluding carboxylic acids is 1. The molecule has 0 heterocycles. The molecule has 3 nitrogen and oxygen atoms in total. The topological polar surface area (TPSA) is 35.5 Å². The molecule has 0 spiro atoms. The molecule has 2 aromatic rings. The van der Waals surface area contributed by atoms with Crippen LogP contribution in [0.3, 0.4) is 0 Å². The summed E-state index contributed by atoms with van der Waals surface area (Å²) in [5, 5.41) is 0.586. The van der Waals surface area contributed by atoms with Crippen molar-refractivity contribution in [3.8, 4) is 5.75 Å². The van der Waals surface area contributed by atoms with Crippen LogP contribution >= 0.6 is 11.6 Å². The SMILES string of the molecule is COC(=O)Cc1cccc(C)c1COc1ccc(C)cc1Cl. The van der Waals surface area contributed by atoms with E-state index < -0.39 is 0 Å². The van der Waals surface area contributed by atoms with Gasteiger partial charge in [-0.15, -0.1) is 0 Å². The van der Waals surface area contributed by atoms with E-state index in [1.165, 1.54) is 7.11 Å². The number of hydrogen-bond donors (Lipinski definition) is 0. The van der Waals surface area contributed by atoms with Gasteiger partial charge in [-0.3, -0.25) is 4.79 Å². The normalized spacial score (nSPS) is 10.4. The molecule has 0 aromatic heterocycles. The van der Waals surface area contributed by atoms with Crippen LogP contribution in [0.4, 0.5) is 0 Å². The first-order valence-electron chi connectivity index (χ1n) is 7.04. The van der Waals surface area contributed by atoms with Gasteiger partial charge < -0.3 is 9.47 Å². The predicted molar refractivity (Wildman–Crippen MR) is 87.4 cm³/mol. The fourth-order valence-electron chi connectivity index (χ4n) is 2.24. The first kappa shape index (κ1) is 16.4. The number of methoxy groups -OCH3 is 1. The van der Waals surface area contributed by atoms with Gasteiger partial charge in [0.2, 0.25) is 0 Å². The highest BCUT2D eigenvalue weighted by atomic mass is 35.5. The molecule has 0 saturated heterocycles. The fraction of sp³-hybridized carbons (Fsp3) is 0.278. The lowest BCUT2D eigenvalue weighted by molar-refractivity contribution is -0.139. The Balaban J connectivity index is 2.19. The van der Waals surface area contributed by atoms with Crippen LogP contribution < -0.4 is 4.74 Å². The van der Waals surface area contributed by atoms with Crippen molar-refractivity contribution < 1.29 is 14.3 Å². The molecule has 0 unspecified atom stereocenters. The van der Waals surface area contributed by atoms with E-state index in [4.69, 9.17) is 21.1 Å².